The lowest BCUT2D eigenvalue weighted by atomic mass is 10.0. The third kappa shape index (κ3) is 3.38. The minimum atomic E-state index is -0.935. The highest BCUT2D eigenvalue weighted by molar-refractivity contribution is 5.94. The van der Waals surface area contributed by atoms with Crippen LogP contribution in [0.4, 0.5) is 5.69 Å². The Bertz CT molecular complexity index is 540. The molecule has 20 heavy (non-hydrogen) atoms. The summed E-state index contributed by atoms with van der Waals surface area (Å²) >= 11 is 0. The Kier molecular flexibility index (Phi) is 4.40. The summed E-state index contributed by atoms with van der Waals surface area (Å²) in [6.07, 6.45) is 5.29. The van der Waals surface area contributed by atoms with E-state index in [1.165, 1.54) is 11.0 Å². The van der Waals surface area contributed by atoms with E-state index in [2.05, 4.69) is 0 Å². The Labute approximate surface area is 117 Å². The van der Waals surface area contributed by atoms with Gasteiger partial charge in [-0.05, 0) is 43.0 Å². The van der Waals surface area contributed by atoms with Gasteiger partial charge in [-0.15, -0.1) is 0 Å². The zero-order valence-electron chi connectivity index (χ0n) is 11.2. The highest BCUT2D eigenvalue weighted by Crippen LogP contribution is 2.18. The molecule has 0 saturated carbocycles. The van der Waals surface area contributed by atoms with Gasteiger partial charge in [-0.25, -0.2) is 4.79 Å². The summed E-state index contributed by atoms with van der Waals surface area (Å²) < 4.78 is 0. The van der Waals surface area contributed by atoms with Crippen LogP contribution in [0.3, 0.4) is 0 Å². The van der Waals surface area contributed by atoms with Gasteiger partial charge < -0.3 is 15.7 Å². The molecular formula is C15H18N2O3. The number of benzene rings is 1. The number of nitrogen functional groups attached to an aromatic ring is 1. The standard InChI is InChI=1S/C15H18N2O3/c16-12-5-3-4-11(10-12)7-8-14(18)17-9-2-1-6-13(17)15(19)20/h3-5,7-8,10,13H,1-2,6,9,16H2,(H,19,20)/b8-7+/t13-/m1/s1. The lowest BCUT2D eigenvalue weighted by molar-refractivity contribution is -0.150. The molecule has 3 N–H and O–H groups in total. The summed E-state index contributed by atoms with van der Waals surface area (Å²) in [6.45, 7) is 0.497. The molecule has 2 rings (SSSR count). The lowest BCUT2D eigenvalue weighted by Crippen LogP contribution is -2.47. The van der Waals surface area contributed by atoms with Gasteiger partial charge in [0.05, 0.1) is 0 Å². The molecule has 1 aliphatic rings. The van der Waals surface area contributed by atoms with Crippen LogP contribution < -0.4 is 5.73 Å². The molecule has 0 radical (unpaired) electrons. The van der Waals surface area contributed by atoms with E-state index in [4.69, 9.17) is 10.8 Å². The maximum absolute atomic E-state index is 12.1. The molecule has 0 spiro atoms. The van der Waals surface area contributed by atoms with E-state index in [9.17, 15) is 9.59 Å². The number of nitrogens with two attached hydrogens (primary N) is 1. The van der Waals surface area contributed by atoms with Crippen molar-refractivity contribution in [3.05, 3.63) is 35.9 Å². The van der Waals surface area contributed by atoms with Crippen molar-refractivity contribution in [3.63, 3.8) is 0 Å². The number of carboxylic acid groups (broad SMARTS) is 1. The van der Waals surface area contributed by atoms with E-state index in [-0.39, 0.29) is 5.91 Å². The van der Waals surface area contributed by atoms with Crippen LogP contribution in [-0.2, 0) is 9.59 Å². The van der Waals surface area contributed by atoms with Crippen LogP contribution in [-0.4, -0.2) is 34.5 Å². The number of aliphatic carboxylic acids is 1. The monoisotopic (exact) mass is 274 g/mol. The van der Waals surface area contributed by atoms with Crippen molar-refractivity contribution in [2.45, 2.75) is 25.3 Å². The quantitative estimate of drug-likeness (QED) is 0.649. The van der Waals surface area contributed by atoms with Gasteiger partial charge in [-0.2, -0.15) is 0 Å². The SMILES string of the molecule is Nc1cccc(/C=C/C(=O)N2CCCC[C@@H]2C(=O)O)c1. The number of carboxylic acids is 1. The van der Waals surface area contributed by atoms with Crippen LogP contribution in [0.1, 0.15) is 24.8 Å². The molecular weight excluding hydrogens is 256 g/mol. The molecule has 0 unspecified atom stereocenters. The molecule has 0 aliphatic carbocycles. The first-order valence-electron chi connectivity index (χ1n) is 6.65. The fourth-order valence-electron chi connectivity index (χ4n) is 2.38. The van der Waals surface area contributed by atoms with Crippen molar-refractivity contribution in [2.24, 2.45) is 0 Å². The summed E-state index contributed by atoms with van der Waals surface area (Å²) in [6, 6.07) is 6.46. The number of carbonyl (C=O) groups excluding carboxylic acids is 1. The average Bonchev–Trinajstić information content (AvgIpc) is 2.45. The lowest BCUT2D eigenvalue weighted by Gasteiger charge is -2.32. The van der Waals surface area contributed by atoms with Gasteiger partial charge in [0, 0.05) is 18.3 Å². The van der Waals surface area contributed by atoms with E-state index in [1.54, 1.807) is 24.3 Å². The number of piperidine rings is 1. The largest absolute Gasteiger partial charge is 0.480 e. The Hall–Kier alpha value is -2.30. The van der Waals surface area contributed by atoms with Crippen molar-refractivity contribution in [1.82, 2.24) is 4.90 Å². The molecule has 5 heteroatoms. The highest BCUT2D eigenvalue weighted by Gasteiger charge is 2.30. The minimum Gasteiger partial charge on any atom is -0.480 e. The molecule has 1 saturated heterocycles. The second kappa shape index (κ2) is 6.23. The number of likely N-dealkylation sites (tertiary alicyclic amines) is 1. The molecule has 106 valence electrons. The van der Waals surface area contributed by atoms with E-state index >= 15 is 0 Å². The number of rotatable bonds is 3. The molecule has 0 bridgehead atoms. The molecule has 1 aliphatic heterocycles. The van der Waals surface area contributed by atoms with Crippen LogP contribution in [0.5, 0.6) is 0 Å². The second-order valence-corrected chi connectivity index (χ2v) is 4.88. The summed E-state index contributed by atoms with van der Waals surface area (Å²) in [7, 11) is 0. The summed E-state index contributed by atoms with van der Waals surface area (Å²) in [4.78, 5) is 24.7. The van der Waals surface area contributed by atoms with Gasteiger partial charge >= 0.3 is 5.97 Å². The zero-order chi connectivity index (χ0) is 14.5. The smallest absolute Gasteiger partial charge is 0.326 e. The maximum Gasteiger partial charge on any atom is 0.326 e. The third-order valence-electron chi connectivity index (χ3n) is 3.40. The molecule has 1 fully saturated rings. The van der Waals surface area contributed by atoms with Crippen molar-refractivity contribution in [2.75, 3.05) is 12.3 Å². The van der Waals surface area contributed by atoms with E-state index < -0.39 is 12.0 Å². The van der Waals surface area contributed by atoms with Gasteiger partial charge in [0.25, 0.3) is 0 Å². The number of hydrogen-bond donors (Lipinski definition) is 2. The van der Waals surface area contributed by atoms with Gasteiger partial charge in [0.2, 0.25) is 5.91 Å². The van der Waals surface area contributed by atoms with Crippen LogP contribution in [0.25, 0.3) is 6.08 Å². The second-order valence-electron chi connectivity index (χ2n) is 4.88. The molecule has 1 aromatic rings. The van der Waals surface area contributed by atoms with Gasteiger partial charge in [0.1, 0.15) is 6.04 Å². The fraction of sp³-hybridized carbons (Fsp3) is 0.333. The van der Waals surface area contributed by atoms with Crippen LogP contribution in [0.15, 0.2) is 30.3 Å². The van der Waals surface area contributed by atoms with Gasteiger partial charge in [-0.3, -0.25) is 4.79 Å². The van der Waals surface area contributed by atoms with E-state index in [0.717, 1.165) is 18.4 Å². The predicted molar refractivity (Wildman–Crippen MR) is 76.9 cm³/mol. The molecule has 1 heterocycles. The highest BCUT2D eigenvalue weighted by atomic mass is 16.4. The van der Waals surface area contributed by atoms with Crippen molar-refractivity contribution < 1.29 is 14.7 Å². The minimum absolute atomic E-state index is 0.264. The number of hydrogen-bond acceptors (Lipinski definition) is 3. The Morgan fingerprint density at radius 2 is 2.15 bits per heavy atom. The fourth-order valence-corrected chi connectivity index (χ4v) is 2.38. The number of nitrogens with zero attached hydrogens (tertiary/aromatic N) is 1. The zero-order valence-corrected chi connectivity index (χ0v) is 11.2. The number of anilines is 1. The van der Waals surface area contributed by atoms with Gasteiger partial charge in [-0.1, -0.05) is 12.1 Å². The van der Waals surface area contributed by atoms with Crippen molar-refractivity contribution in [1.29, 1.82) is 0 Å². The average molecular weight is 274 g/mol. The normalized spacial score (nSPS) is 19.2. The van der Waals surface area contributed by atoms with Crippen molar-refractivity contribution >= 4 is 23.6 Å². The first-order valence-corrected chi connectivity index (χ1v) is 6.65. The Balaban J connectivity index is 2.08. The first kappa shape index (κ1) is 14.1. The summed E-state index contributed by atoms with van der Waals surface area (Å²) in [5.74, 6) is -1.20. The van der Waals surface area contributed by atoms with Crippen LogP contribution in [0, 0.1) is 0 Å². The molecule has 1 amide bonds. The molecule has 0 aromatic heterocycles. The molecule has 1 atom stereocenters. The van der Waals surface area contributed by atoms with Gasteiger partial charge in [0.15, 0.2) is 0 Å². The first-order chi connectivity index (χ1) is 9.58. The van der Waals surface area contributed by atoms with E-state index in [1.807, 2.05) is 6.07 Å². The maximum atomic E-state index is 12.1. The Morgan fingerprint density at radius 1 is 1.35 bits per heavy atom. The summed E-state index contributed by atoms with van der Waals surface area (Å²) in [5.41, 5.74) is 7.11. The van der Waals surface area contributed by atoms with Crippen LogP contribution in [0.2, 0.25) is 0 Å². The molecule has 5 nitrogen and oxygen atoms in total. The summed E-state index contributed by atoms with van der Waals surface area (Å²) in [5, 5.41) is 9.14. The molecule has 1 aromatic carbocycles. The predicted octanol–water partition coefficient (Wildman–Crippen LogP) is 1.75. The number of carbonyl (C=O) groups is 2. The van der Waals surface area contributed by atoms with Crippen LogP contribution >= 0.6 is 0 Å². The van der Waals surface area contributed by atoms with E-state index in [0.29, 0.717) is 18.7 Å². The van der Waals surface area contributed by atoms with Crippen molar-refractivity contribution in [3.8, 4) is 0 Å². The Morgan fingerprint density at radius 3 is 2.85 bits per heavy atom. The number of amides is 1. The topological polar surface area (TPSA) is 83.6 Å². The third-order valence-corrected chi connectivity index (χ3v) is 3.40.